The minimum Gasteiger partial charge on any atom is -0.465 e. The first-order valence-electron chi connectivity index (χ1n) is 20.2. The van der Waals surface area contributed by atoms with Crippen molar-refractivity contribution in [2.75, 3.05) is 39.5 Å². The molecule has 6 nitrogen and oxygen atoms in total. The number of hydrogen-bond donors (Lipinski definition) is 1. The van der Waals surface area contributed by atoms with E-state index in [0.29, 0.717) is 13.2 Å². The molecule has 0 radical (unpaired) electrons. The Morgan fingerprint density at radius 2 is 0.913 bits per heavy atom. The zero-order valence-corrected chi connectivity index (χ0v) is 30.5. The number of hydrogen-bond acceptors (Lipinski definition) is 6. The fourth-order valence-electron chi connectivity index (χ4n) is 7.73. The van der Waals surface area contributed by atoms with E-state index in [1.165, 1.54) is 103 Å². The smallest absolute Gasteiger partial charge is 0.308 e. The molecule has 46 heavy (non-hydrogen) atoms. The molecule has 0 aliphatic heterocycles. The van der Waals surface area contributed by atoms with Gasteiger partial charge in [0, 0.05) is 6.54 Å². The van der Waals surface area contributed by atoms with Crippen LogP contribution < -0.4 is 0 Å². The predicted octanol–water partition coefficient (Wildman–Crippen LogP) is 10.0. The number of aliphatic hydroxyl groups excluding tert-OH is 1. The van der Waals surface area contributed by atoms with Crippen molar-refractivity contribution in [3.05, 3.63) is 0 Å². The Balaban J connectivity index is 1.38. The minimum atomic E-state index is 0.0516. The second-order valence-corrected chi connectivity index (χ2v) is 14.9. The van der Waals surface area contributed by atoms with Crippen LogP contribution in [0.25, 0.3) is 0 Å². The average molecular weight is 650 g/mol. The fraction of sp³-hybridized carbons (Fsp3) is 0.950. The zero-order valence-electron chi connectivity index (χ0n) is 30.5. The highest BCUT2D eigenvalue weighted by Gasteiger charge is 2.28. The summed E-state index contributed by atoms with van der Waals surface area (Å²) in [6.07, 6.45) is 30.8. The summed E-state index contributed by atoms with van der Waals surface area (Å²) in [5.41, 5.74) is 0. The highest BCUT2D eigenvalue weighted by atomic mass is 16.5. The van der Waals surface area contributed by atoms with Crippen LogP contribution in [0.4, 0.5) is 0 Å². The summed E-state index contributed by atoms with van der Waals surface area (Å²) in [6.45, 7) is 8.75. The summed E-state index contributed by atoms with van der Waals surface area (Å²) in [6, 6.07) is 0. The number of nitrogens with zero attached hydrogens (tertiary/aromatic N) is 1. The lowest BCUT2D eigenvalue weighted by Gasteiger charge is -2.27. The molecule has 0 unspecified atom stereocenters. The molecule has 2 fully saturated rings. The lowest BCUT2D eigenvalue weighted by Crippen LogP contribution is -2.29. The van der Waals surface area contributed by atoms with Gasteiger partial charge in [-0.1, -0.05) is 104 Å². The lowest BCUT2D eigenvalue weighted by molar-refractivity contribution is -0.151. The molecule has 6 heteroatoms. The van der Waals surface area contributed by atoms with Gasteiger partial charge in [0.25, 0.3) is 0 Å². The van der Waals surface area contributed by atoms with E-state index in [2.05, 4.69) is 18.7 Å². The minimum absolute atomic E-state index is 0.0516. The van der Waals surface area contributed by atoms with Gasteiger partial charge in [-0.05, 0) is 102 Å². The van der Waals surface area contributed by atoms with Crippen LogP contribution in [0, 0.1) is 23.7 Å². The number of esters is 2. The molecular weight excluding hydrogens is 574 g/mol. The van der Waals surface area contributed by atoms with Crippen molar-refractivity contribution in [1.82, 2.24) is 4.90 Å². The molecule has 1 N–H and O–H groups in total. The van der Waals surface area contributed by atoms with E-state index < -0.39 is 0 Å². The monoisotopic (exact) mass is 650 g/mol. The second-order valence-electron chi connectivity index (χ2n) is 14.9. The standard InChI is InChI=1S/C40H75NO5/c1-3-5-13-19-35-21-25-37(26-22-35)39(43)45-33-17-11-7-9-15-29-41(31-32-42)30-16-10-8-12-18-34-46-40(44)38-27-23-36(24-28-38)20-14-6-4-2/h35-38,42H,3-34H2,1-2H3. The van der Waals surface area contributed by atoms with E-state index in [4.69, 9.17) is 9.47 Å². The Kier molecular flexibility index (Phi) is 24.8. The van der Waals surface area contributed by atoms with Crippen molar-refractivity contribution in [3.8, 4) is 0 Å². The van der Waals surface area contributed by atoms with Crippen molar-refractivity contribution in [3.63, 3.8) is 0 Å². The van der Waals surface area contributed by atoms with Gasteiger partial charge in [0.05, 0.1) is 31.7 Å². The van der Waals surface area contributed by atoms with Crippen LogP contribution in [0.2, 0.25) is 0 Å². The largest absolute Gasteiger partial charge is 0.465 e. The van der Waals surface area contributed by atoms with Crippen molar-refractivity contribution in [2.24, 2.45) is 23.7 Å². The molecule has 2 rings (SSSR count). The zero-order chi connectivity index (χ0) is 33.1. The second kappa shape index (κ2) is 27.8. The van der Waals surface area contributed by atoms with Crippen LogP contribution in [0.5, 0.6) is 0 Å². The lowest BCUT2D eigenvalue weighted by atomic mass is 9.80. The van der Waals surface area contributed by atoms with Gasteiger partial charge in [-0.15, -0.1) is 0 Å². The van der Waals surface area contributed by atoms with Crippen LogP contribution in [0.3, 0.4) is 0 Å². The third-order valence-electron chi connectivity index (χ3n) is 10.9. The third-order valence-corrected chi connectivity index (χ3v) is 10.9. The molecule has 2 aliphatic rings. The van der Waals surface area contributed by atoms with E-state index in [-0.39, 0.29) is 30.4 Å². The Morgan fingerprint density at radius 3 is 1.30 bits per heavy atom. The Morgan fingerprint density at radius 1 is 0.522 bits per heavy atom. The molecular formula is C40H75NO5. The van der Waals surface area contributed by atoms with Crippen molar-refractivity contribution in [2.45, 2.75) is 181 Å². The van der Waals surface area contributed by atoms with Gasteiger partial charge in [0.2, 0.25) is 0 Å². The van der Waals surface area contributed by atoms with E-state index in [9.17, 15) is 14.7 Å². The Bertz CT molecular complexity index is 671. The molecule has 2 aliphatic carbocycles. The SMILES string of the molecule is CCCCCC1CCC(C(=O)OCCCCCCCN(CCO)CCCCCCCOC(=O)C2CCC(CCCCC)CC2)CC1. The third kappa shape index (κ3) is 19.6. The van der Waals surface area contributed by atoms with Crippen molar-refractivity contribution < 1.29 is 24.2 Å². The average Bonchev–Trinajstić information content (AvgIpc) is 3.07. The highest BCUT2D eigenvalue weighted by Crippen LogP contribution is 2.34. The molecule has 270 valence electrons. The molecule has 0 amide bonds. The fourth-order valence-corrected chi connectivity index (χ4v) is 7.73. The van der Waals surface area contributed by atoms with Gasteiger partial charge in [0.1, 0.15) is 0 Å². The van der Waals surface area contributed by atoms with Gasteiger partial charge < -0.3 is 19.5 Å². The number of aliphatic hydroxyl groups is 1. The van der Waals surface area contributed by atoms with Crippen molar-refractivity contribution in [1.29, 1.82) is 0 Å². The molecule has 0 atom stereocenters. The van der Waals surface area contributed by atoms with Crippen LogP contribution in [-0.4, -0.2) is 61.4 Å². The van der Waals surface area contributed by atoms with Crippen LogP contribution in [0.15, 0.2) is 0 Å². The number of carbonyl (C=O) groups is 2. The first kappa shape index (κ1) is 41.0. The maximum Gasteiger partial charge on any atom is 0.308 e. The normalized spacial score (nSPS) is 21.8. The predicted molar refractivity (Wildman–Crippen MR) is 191 cm³/mol. The van der Waals surface area contributed by atoms with Gasteiger partial charge in [-0.25, -0.2) is 0 Å². The summed E-state index contributed by atoms with van der Waals surface area (Å²) in [7, 11) is 0. The summed E-state index contributed by atoms with van der Waals surface area (Å²) < 4.78 is 11.3. The summed E-state index contributed by atoms with van der Waals surface area (Å²) in [5.74, 6) is 2.05. The summed E-state index contributed by atoms with van der Waals surface area (Å²) in [4.78, 5) is 27.3. The van der Waals surface area contributed by atoms with Gasteiger partial charge >= 0.3 is 11.9 Å². The molecule has 0 aromatic carbocycles. The molecule has 0 spiro atoms. The molecule has 0 heterocycles. The van der Waals surface area contributed by atoms with Gasteiger partial charge in [0.15, 0.2) is 0 Å². The first-order chi connectivity index (χ1) is 22.6. The molecule has 2 saturated carbocycles. The Labute approximate surface area is 284 Å². The molecule has 0 bridgehead atoms. The number of unbranched alkanes of at least 4 members (excludes halogenated alkanes) is 12. The van der Waals surface area contributed by atoms with Crippen LogP contribution in [-0.2, 0) is 19.1 Å². The van der Waals surface area contributed by atoms with E-state index in [0.717, 1.165) is 95.7 Å². The maximum atomic E-state index is 12.5. The number of carbonyl (C=O) groups excluding carboxylic acids is 2. The Hall–Kier alpha value is -1.14. The van der Waals surface area contributed by atoms with Crippen LogP contribution >= 0.6 is 0 Å². The molecule has 0 aromatic heterocycles. The van der Waals surface area contributed by atoms with E-state index >= 15 is 0 Å². The van der Waals surface area contributed by atoms with Gasteiger partial charge in [-0.3, -0.25) is 9.59 Å². The van der Waals surface area contributed by atoms with Gasteiger partial charge in [-0.2, -0.15) is 0 Å². The van der Waals surface area contributed by atoms with E-state index in [1.807, 2.05) is 0 Å². The number of ether oxygens (including phenoxy) is 2. The van der Waals surface area contributed by atoms with Crippen LogP contribution in [0.1, 0.15) is 181 Å². The topological polar surface area (TPSA) is 76.1 Å². The summed E-state index contributed by atoms with van der Waals surface area (Å²) in [5, 5.41) is 9.50. The highest BCUT2D eigenvalue weighted by molar-refractivity contribution is 5.72. The number of rotatable bonds is 28. The molecule has 0 aromatic rings. The van der Waals surface area contributed by atoms with Crippen molar-refractivity contribution >= 4 is 11.9 Å². The van der Waals surface area contributed by atoms with E-state index in [1.54, 1.807) is 0 Å². The first-order valence-corrected chi connectivity index (χ1v) is 20.2. The summed E-state index contributed by atoms with van der Waals surface area (Å²) >= 11 is 0. The maximum absolute atomic E-state index is 12.5. The quantitative estimate of drug-likeness (QED) is 0.0672. The molecule has 0 saturated heterocycles.